The van der Waals surface area contributed by atoms with Crippen molar-refractivity contribution < 1.29 is 13.9 Å². The van der Waals surface area contributed by atoms with Crippen LogP contribution in [0.25, 0.3) is 16.6 Å². The van der Waals surface area contributed by atoms with Gasteiger partial charge in [0.05, 0.1) is 11.1 Å². The summed E-state index contributed by atoms with van der Waals surface area (Å²) >= 11 is 0. The second-order valence-electron chi connectivity index (χ2n) is 10.1. The van der Waals surface area contributed by atoms with E-state index in [1.165, 1.54) is 6.07 Å². The minimum atomic E-state index is -0.573. The molecule has 2 N–H and O–H groups in total. The number of hydrogen-bond donors (Lipinski definition) is 1. The van der Waals surface area contributed by atoms with E-state index in [2.05, 4.69) is 9.97 Å². The molecule has 0 aliphatic carbocycles. The first-order chi connectivity index (χ1) is 19.0. The molecule has 5 heterocycles. The van der Waals surface area contributed by atoms with Gasteiger partial charge >= 0.3 is 0 Å². The molecule has 4 aromatic rings. The Balaban J connectivity index is 1.32. The van der Waals surface area contributed by atoms with Gasteiger partial charge in [0, 0.05) is 63.9 Å². The van der Waals surface area contributed by atoms with Crippen molar-refractivity contribution >= 4 is 28.4 Å². The molecule has 2 fully saturated rings. The molecular weight excluding hydrogens is 501 g/mol. The third-order valence-corrected chi connectivity index (χ3v) is 7.68. The number of anilines is 2. The molecule has 0 saturated carbocycles. The second-order valence-corrected chi connectivity index (χ2v) is 10.1. The van der Waals surface area contributed by atoms with E-state index >= 15 is 4.39 Å². The van der Waals surface area contributed by atoms with Crippen LogP contribution in [0.1, 0.15) is 16.8 Å². The quantitative estimate of drug-likeness (QED) is 0.381. The van der Waals surface area contributed by atoms with Gasteiger partial charge in [-0.1, -0.05) is 12.1 Å². The number of ether oxygens (including phenoxy) is 1. The summed E-state index contributed by atoms with van der Waals surface area (Å²) in [5.41, 5.74) is 6.99. The predicted molar refractivity (Wildman–Crippen MR) is 145 cm³/mol. The van der Waals surface area contributed by atoms with Crippen LogP contribution in [-0.2, 0) is 0 Å². The lowest BCUT2D eigenvalue weighted by Gasteiger charge is -2.35. The molecular formula is C28H26FN7O3. The fourth-order valence-electron chi connectivity index (χ4n) is 5.73. The third-order valence-electron chi connectivity index (χ3n) is 7.68. The summed E-state index contributed by atoms with van der Waals surface area (Å²) in [7, 11) is 0. The Hall–Kier alpha value is -4.51. The summed E-state index contributed by atoms with van der Waals surface area (Å²) in [6.45, 7) is 2.95. The van der Waals surface area contributed by atoms with Crippen molar-refractivity contribution in [2.45, 2.75) is 12.5 Å². The van der Waals surface area contributed by atoms with Gasteiger partial charge in [0.25, 0.3) is 5.91 Å². The Kier molecular flexibility index (Phi) is 5.48. The molecule has 1 unspecified atom stereocenters. The molecule has 0 bridgehead atoms. The zero-order chi connectivity index (χ0) is 26.7. The van der Waals surface area contributed by atoms with Gasteiger partial charge in [-0.25, -0.2) is 14.4 Å². The van der Waals surface area contributed by atoms with Crippen LogP contribution in [-0.4, -0.2) is 70.7 Å². The van der Waals surface area contributed by atoms with Crippen LogP contribution in [0.15, 0.2) is 59.8 Å². The Labute approximate surface area is 223 Å². The van der Waals surface area contributed by atoms with Crippen molar-refractivity contribution in [3.05, 3.63) is 76.6 Å². The van der Waals surface area contributed by atoms with Crippen molar-refractivity contribution in [2.24, 2.45) is 5.73 Å². The van der Waals surface area contributed by atoms with E-state index in [1.54, 1.807) is 40.2 Å². The van der Waals surface area contributed by atoms with E-state index < -0.39 is 11.2 Å². The first-order valence-corrected chi connectivity index (χ1v) is 13.0. The van der Waals surface area contributed by atoms with Gasteiger partial charge in [0.2, 0.25) is 11.4 Å². The van der Waals surface area contributed by atoms with E-state index in [9.17, 15) is 9.59 Å². The predicted octanol–water partition coefficient (Wildman–Crippen LogP) is 2.53. The summed E-state index contributed by atoms with van der Waals surface area (Å²) in [6.07, 6.45) is 5.67. The SMILES string of the molecule is NC1CCN(c2c(F)cc3c(=O)c(C(=O)N4CCN(c5ncccn5)CC4)cn4c3c2Oc2ccccc2-4)C1. The summed E-state index contributed by atoms with van der Waals surface area (Å²) in [4.78, 5) is 41.5. The highest BCUT2D eigenvalue weighted by Gasteiger charge is 2.33. The van der Waals surface area contributed by atoms with E-state index in [0.717, 1.165) is 6.42 Å². The molecule has 198 valence electrons. The molecule has 3 aliphatic rings. The summed E-state index contributed by atoms with van der Waals surface area (Å²) in [5.74, 6) is 0.426. The molecule has 2 aromatic carbocycles. The molecule has 3 aliphatic heterocycles. The van der Waals surface area contributed by atoms with Gasteiger partial charge < -0.3 is 29.7 Å². The van der Waals surface area contributed by atoms with Gasteiger partial charge in [0.15, 0.2) is 17.3 Å². The number of benzene rings is 2. The minimum absolute atomic E-state index is 0.00934. The van der Waals surface area contributed by atoms with Gasteiger partial charge in [0.1, 0.15) is 16.8 Å². The van der Waals surface area contributed by atoms with Crippen LogP contribution in [0.4, 0.5) is 16.0 Å². The Morgan fingerprint density at radius 2 is 1.79 bits per heavy atom. The molecule has 1 amide bonds. The van der Waals surface area contributed by atoms with Crippen molar-refractivity contribution in [3.8, 4) is 17.2 Å². The monoisotopic (exact) mass is 527 g/mol. The van der Waals surface area contributed by atoms with Crippen LogP contribution in [0, 0.1) is 5.82 Å². The average Bonchev–Trinajstić information content (AvgIpc) is 3.40. The van der Waals surface area contributed by atoms with Crippen molar-refractivity contribution in [2.75, 3.05) is 49.1 Å². The zero-order valence-electron chi connectivity index (χ0n) is 21.1. The maximum atomic E-state index is 15.7. The Morgan fingerprint density at radius 1 is 1.03 bits per heavy atom. The molecule has 2 aromatic heterocycles. The Bertz CT molecular complexity index is 1670. The first-order valence-electron chi connectivity index (χ1n) is 13.0. The van der Waals surface area contributed by atoms with Gasteiger partial charge in [-0.3, -0.25) is 9.59 Å². The van der Waals surface area contributed by atoms with E-state index in [-0.39, 0.29) is 34.3 Å². The fraction of sp³-hybridized carbons (Fsp3) is 0.286. The summed E-state index contributed by atoms with van der Waals surface area (Å²) < 4.78 is 23.7. The van der Waals surface area contributed by atoms with Crippen molar-refractivity contribution in [1.29, 1.82) is 0 Å². The number of hydrogen-bond acceptors (Lipinski definition) is 8. The minimum Gasteiger partial charge on any atom is -0.451 e. The highest BCUT2D eigenvalue weighted by molar-refractivity contribution is 6.01. The van der Waals surface area contributed by atoms with Crippen molar-refractivity contribution in [1.82, 2.24) is 19.4 Å². The first kappa shape index (κ1) is 23.6. The van der Waals surface area contributed by atoms with Crippen LogP contribution in [0.3, 0.4) is 0 Å². The van der Waals surface area contributed by atoms with Crippen LogP contribution in [0.2, 0.25) is 0 Å². The van der Waals surface area contributed by atoms with E-state index in [1.807, 2.05) is 28.0 Å². The number of halogens is 1. The number of carbonyl (C=O) groups is 1. The number of amides is 1. The number of pyridine rings is 1. The number of fused-ring (bicyclic) bond motifs is 2. The number of aromatic nitrogens is 3. The molecule has 7 rings (SSSR count). The van der Waals surface area contributed by atoms with Gasteiger partial charge in [-0.2, -0.15) is 0 Å². The number of carbonyl (C=O) groups excluding carboxylic acids is 1. The molecule has 0 spiro atoms. The topological polar surface area (TPSA) is 110 Å². The summed E-state index contributed by atoms with van der Waals surface area (Å²) in [5, 5.41) is 0.103. The molecule has 10 nitrogen and oxygen atoms in total. The number of piperazine rings is 1. The third kappa shape index (κ3) is 3.80. The molecule has 2 saturated heterocycles. The normalized spacial score (nSPS) is 18.3. The fourth-order valence-corrected chi connectivity index (χ4v) is 5.73. The number of nitrogens with zero attached hydrogens (tertiary/aromatic N) is 6. The lowest BCUT2D eigenvalue weighted by atomic mass is 10.0. The largest absolute Gasteiger partial charge is 0.451 e. The number of para-hydroxylation sites is 2. The lowest BCUT2D eigenvalue weighted by molar-refractivity contribution is 0.0744. The number of rotatable bonds is 3. The molecule has 0 radical (unpaired) electrons. The molecule has 11 heteroatoms. The Morgan fingerprint density at radius 3 is 2.54 bits per heavy atom. The standard InChI is InChI=1S/C28H26FN7O3/c29-20-14-18-23-26(24(20)35-9-6-17(30)15-35)39-22-5-2-1-4-21(22)36(23)16-19(25(18)37)27(38)33-10-12-34(13-11-33)28-31-7-3-8-32-28/h1-5,7-8,14,16-17H,6,9-13,15,30H2. The van der Waals surface area contributed by atoms with Gasteiger partial charge in [-0.05, 0) is 30.7 Å². The summed E-state index contributed by atoms with van der Waals surface area (Å²) in [6, 6.07) is 10.2. The van der Waals surface area contributed by atoms with Gasteiger partial charge in [-0.15, -0.1) is 0 Å². The zero-order valence-corrected chi connectivity index (χ0v) is 21.1. The second kappa shape index (κ2) is 9.05. The van der Waals surface area contributed by atoms with Crippen LogP contribution >= 0.6 is 0 Å². The average molecular weight is 528 g/mol. The van der Waals surface area contributed by atoms with Crippen LogP contribution < -0.4 is 25.7 Å². The van der Waals surface area contributed by atoms with E-state index in [4.69, 9.17) is 10.5 Å². The molecule has 1 atom stereocenters. The smallest absolute Gasteiger partial charge is 0.259 e. The van der Waals surface area contributed by atoms with E-state index in [0.29, 0.717) is 62.2 Å². The number of nitrogens with two attached hydrogens (primary N) is 1. The lowest BCUT2D eigenvalue weighted by Crippen LogP contribution is -2.50. The van der Waals surface area contributed by atoms with Crippen molar-refractivity contribution in [3.63, 3.8) is 0 Å². The maximum absolute atomic E-state index is 15.7. The molecule has 39 heavy (non-hydrogen) atoms. The van der Waals surface area contributed by atoms with Crippen LogP contribution in [0.5, 0.6) is 11.5 Å². The maximum Gasteiger partial charge on any atom is 0.259 e. The highest BCUT2D eigenvalue weighted by Crippen LogP contribution is 2.47. The highest BCUT2D eigenvalue weighted by atomic mass is 19.1.